The van der Waals surface area contributed by atoms with E-state index in [0.29, 0.717) is 0 Å². The third-order valence-electron chi connectivity index (χ3n) is 4.20. The summed E-state index contributed by atoms with van der Waals surface area (Å²) in [6.45, 7) is 3.60. The first-order chi connectivity index (χ1) is 8.33. The number of benzene rings is 1. The number of rotatable bonds is 2. The Morgan fingerprint density at radius 1 is 1.41 bits per heavy atom. The van der Waals surface area contributed by atoms with Gasteiger partial charge in [0, 0.05) is 19.3 Å². The van der Waals surface area contributed by atoms with E-state index in [-0.39, 0.29) is 0 Å². The van der Waals surface area contributed by atoms with E-state index >= 15 is 0 Å². The van der Waals surface area contributed by atoms with Crippen molar-refractivity contribution >= 4 is 5.69 Å². The molecule has 1 aromatic carbocycles. The highest BCUT2D eigenvalue weighted by Gasteiger charge is 2.17. The number of piperidine rings is 1. The van der Waals surface area contributed by atoms with E-state index in [1.54, 1.807) is 5.56 Å². The molecule has 2 nitrogen and oxygen atoms in total. The second-order valence-corrected chi connectivity index (χ2v) is 5.55. The first-order valence-corrected chi connectivity index (χ1v) is 6.86. The van der Waals surface area contributed by atoms with E-state index in [0.717, 1.165) is 5.92 Å². The van der Waals surface area contributed by atoms with Gasteiger partial charge in [0.1, 0.15) is 0 Å². The quantitative estimate of drug-likeness (QED) is 0.838. The highest BCUT2D eigenvalue weighted by atomic mass is 15.1. The van der Waals surface area contributed by atoms with E-state index in [9.17, 15) is 0 Å². The Morgan fingerprint density at radius 3 is 3.18 bits per heavy atom. The summed E-state index contributed by atoms with van der Waals surface area (Å²) < 4.78 is 0. The van der Waals surface area contributed by atoms with Crippen LogP contribution >= 0.6 is 0 Å². The maximum Gasteiger partial charge on any atom is 0.0397 e. The van der Waals surface area contributed by atoms with Crippen LogP contribution in [0.2, 0.25) is 0 Å². The van der Waals surface area contributed by atoms with Crippen molar-refractivity contribution in [1.82, 2.24) is 5.32 Å². The zero-order chi connectivity index (χ0) is 11.7. The zero-order valence-electron chi connectivity index (χ0n) is 10.7. The normalized spacial score (nSPS) is 23.8. The molecular formula is C15H22N2. The molecule has 3 rings (SSSR count). The molecule has 0 aromatic heterocycles. The van der Waals surface area contributed by atoms with Gasteiger partial charge in [-0.25, -0.2) is 0 Å². The molecule has 1 fully saturated rings. The highest BCUT2D eigenvalue weighted by molar-refractivity contribution is 5.58. The number of hydrogen-bond donors (Lipinski definition) is 1. The standard InChI is InChI=1S/C15H22N2/c1-17-8-6-14-10-12(4-5-15(14)17)9-13-3-2-7-16-11-13/h4-5,10,13,16H,2-3,6-9,11H2,1H3. The molecule has 1 aromatic rings. The highest BCUT2D eigenvalue weighted by Crippen LogP contribution is 2.28. The SMILES string of the molecule is CN1CCc2cc(CC3CCCNC3)ccc21. The Bertz CT molecular complexity index is 394. The number of nitrogens with one attached hydrogen (secondary N) is 1. The van der Waals surface area contributed by atoms with Gasteiger partial charge in [0.2, 0.25) is 0 Å². The minimum absolute atomic E-state index is 0.848. The molecule has 1 saturated heterocycles. The molecule has 0 spiro atoms. The molecule has 92 valence electrons. The molecule has 0 radical (unpaired) electrons. The summed E-state index contributed by atoms with van der Waals surface area (Å²) in [5.41, 5.74) is 4.53. The van der Waals surface area contributed by atoms with E-state index < -0.39 is 0 Å². The van der Waals surface area contributed by atoms with Crippen molar-refractivity contribution in [1.29, 1.82) is 0 Å². The molecule has 0 amide bonds. The fourth-order valence-electron chi connectivity index (χ4n) is 3.18. The van der Waals surface area contributed by atoms with Crippen LogP contribution < -0.4 is 10.2 Å². The van der Waals surface area contributed by atoms with Gasteiger partial charge < -0.3 is 10.2 Å². The third kappa shape index (κ3) is 2.32. The molecule has 0 bridgehead atoms. The maximum absolute atomic E-state index is 3.51. The molecular weight excluding hydrogens is 208 g/mol. The minimum Gasteiger partial charge on any atom is -0.374 e. The minimum atomic E-state index is 0.848. The van der Waals surface area contributed by atoms with Gasteiger partial charge in [-0.2, -0.15) is 0 Å². The number of nitrogens with zero attached hydrogens (tertiary/aromatic N) is 1. The molecule has 2 aliphatic heterocycles. The first kappa shape index (κ1) is 11.1. The van der Waals surface area contributed by atoms with Crippen LogP contribution in [0.15, 0.2) is 18.2 Å². The van der Waals surface area contributed by atoms with Gasteiger partial charge in [0.15, 0.2) is 0 Å². The van der Waals surface area contributed by atoms with Gasteiger partial charge in [-0.05, 0) is 61.9 Å². The van der Waals surface area contributed by atoms with Crippen molar-refractivity contribution < 1.29 is 0 Å². The van der Waals surface area contributed by atoms with Crippen LogP contribution in [0.25, 0.3) is 0 Å². The lowest BCUT2D eigenvalue weighted by molar-refractivity contribution is 0.376. The van der Waals surface area contributed by atoms with Crippen molar-refractivity contribution in [3.63, 3.8) is 0 Å². The Hall–Kier alpha value is -1.02. The molecule has 1 atom stereocenters. The van der Waals surface area contributed by atoms with Gasteiger partial charge >= 0.3 is 0 Å². The van der Waals surface area contributed by atoms with E-state index in [1.807, 2.05) is 0 Å². The molecule has 2 heteroatoms. The zero-order valence-corrected chi connectivity index (χ0v) is 10.7. The van der Waals surface area contributed by atoms with Crippen molar-refractivity contribution in [2.45, 2.75) is 25.7 Å². The van der Waals surface area contributed by atoms with Crippen LogP contribution in [0.4, 0.5) is 5.69 Å². The van der Waals surface area contributed by atoms with Crippen molar-refractivity contribution in [3.8, 4) is 0 Å². The van der Waals surface area contributed by atoms with Gasteiger partial charge in [-0.15, -0.1) is 0 Å². The average Bonchev–Trinajstić information content (AvgIpc) is 2.72. The van der Waals surface area contributed by atoms with Crippen LogP contribution in [0.5, 0.6) is 0 Å². The smallest absolute Gasteiger partial charge is 0.0397 e. The molecule has 0 saturated carbocycles. The van der Waals surface area contributed by atoms with Crippen LogP contribution in [-0.2, 0) is 12.8 Å². The molecule has 2 heterocycles. The van der Waals surface area contributed by atoms with Crippen LogP contribution in [0.1, 0.15) is 24.0 Å². The van der Waals surface area contributed by atoms with E-state index in [4.69, 9.17) is 0 Å². The van der Waals surface area contributed by atoms with Crippen LogP contribution in [0.3, 0.4) is 0 Å². The Kier molecular flexibility index (Phi) is 3.06. The maximum atomic E-state index is 3.51. The average molecular weight is 230 g/mol. The van der Waals surface area contributed by atoms with Crippen LogP contribution in [0, 0.1) is 5.92 Å². The van der Waals surface area contributed by atoms with Gasteiger partial charge in [0.05, 0.1) is 0 Å². The first-order valence-electron chi connectivity index (χ1n) is 6.86. The lowest BCUT2D eigenvalue weighted by Crippen LogP contribution is -2.30. The van der Waals surface area contributed by atoms with E-state index in [2.05, 4.69) is 35.5 Å². The van der Waals surface area contributed by atoms with Crippen LogP contribution in [-0.4, -0.2) is 26.7 Å². The van der Waals surface area contributed by atoms with Gasteiger partial charge in [-0.3, -0.25) is 0 Å². The van der Waals surface area contributed by atoms with Crippen molar-refractivity contribution in [3.05, 3.63) is 29.3 Å². The number of anilines is 1. The van der Waals surface area contributed by atoms with Gasteiger partial charge in [0.25, 0.3) is 0 Å². The molecule has 0 aliphatic carbocycles. The van der Waals surface area contributed by atoms with Crippen molar-refractivity contribution in [2.75, 3.05) is 31.6 Å². The van der Waals surface area contributed by atoms with Gasteiger partial charge in [-0.1, -0.05) is 12.1 Å². The van der Waals surface area contributed by atoms with Crippen molar-refractivity contribution in [2.24, 2.45) is 5.92 Å². The molecule has 17 heavy (non-hydrogen) atoms. The molecule has 1 unspecified atom stereocenters. The number of likely N-dealkylation sites (N-methyl/N-ethyl adjacent to an activating group) is 1. The number of hydrogen-bond acceptors (Lipinski definition) is 2. The largest absolute Gasteiger partial charge is 0.374 e. The fourth-order valence-corrected chi connectivity index (χ4v) is 3.18. The monoisotopic (exact) mass is 230 g/mol. The topological polar surface area (TPSA) is 15.3 Å². The lowest BCUT2D eigenvalue weighted by Gasteiger charge is -2.23. The summed E-state index contributed by atoms with van der Waals surface area (Å²) in [6, 6.07) is 7.08. The predicted molar refractivity (Wildman–Crippen MR) is 72.7 cm³/mol. The summed E-state index contributed by atoms with van der Waals surface area (Å²) >= 11 is 0. The molecule has 2 aliphatic rings. The Morgan fingerprint density at radius 2 is 2.35 bits per heavy atom. The Balaban J connectivity index is 1.71. The fraction of sp³-hybridized carbons (Fsp3) is 0.600. The second kappa shape index (κ2) is 4.69. The summed E-state index contributed by atoms with van der Waals surface area (Å²) in [5, 5.41) is 3.51. The predicted octanol–water partition coefficient (Wildman–Crippen LogP) is 2.22. The second-order valence-electron chi connectivity index (χ2n) is 5.55. The van der Waals surface area contributed by atoms with E-state index in [1.165, 1.54) is 56.6 Å². The summed E-state index contributed by atoms with van der Waals surface area (Å²) in [5.74, 6) is 0.848. The Labute approximate surface area is 104 Å². The number of fused-ring (bicyclic) bond motifs is 1. The summed E-state index contributed by atoms with van der Waals surface area (Å²) in [6.07, 6.45) is 5.22. The summed E-state index contributed by atoms with van der Waals surface area (Å²) in [7, 11) is 2.19. The third-order valence-corrected chi connectivity index (χ3v) is 4.20. The summed E-state index contributed by atoms with van der Waals surface area (Å²) in [4.78, 5) is 2.36. The molecule has 1 N–H and O–H groups in total. The lowest BCUT2D eigenvalue weighted by atomic mass is 9.91.